The van der Waals surface area contributed by atoms with Gasteiger partial charge >= 0.3 is 0 Å². The van der Waals surface area contributed by atoms with Crippen molar-refractivity contribution in [3.63, 3.8) is 0 Å². The first-order chi connectivity index (χ1) is 7.38. The molecule has 0 aliphatic carbocycles. The van der Waals surface area contributed by atoms with E-state index >= 15 is 0 Å². The summed E-state index contributed by atoms with van der Waals surface area (Å²) in [7, 11) is 0. The maximum Gasteiger partial charge on any atom is 0.226 e. The molecule has 84 valence electrons. The number of rotatable bonds is 5. The Hall–Kier alpha value is -0.550. The van der Waals surface area contributed by atoms with Crippen LogP contribution in [-0.4, -0.2) is 28.2 Å². The fourth-order valence-electron chi connectivity index (χ4n) is 1.73. The van der Waals surface area contributed by atoms with Crippen molar-refractivity contribution in [2.24, 2.45) is 11.7 Å². The van der Waals surface area contributed by atoms with Crippen LogP contribution in [-0.2, 0) is 12.8 Å². The number of aromatic nitrogens is 2. The highest BCUT2D eigenvalue weighted by Gasteiger charge is 2.18. The molecule has 1 aromatic heterocycles. The van der Waals surface area contributed by atoms with Crippen molar-refractivity contribution < 1.29 is 4.52 Å². The lowest BCUT2D eigenvalue weighted by molar-refractivity contribution is 0.368. The highest BCUT2D eigenvalue weighted by molar-refractivity contribution is 7.99. The second-order valence-electron chi connectivity index (χ2n) is 3.93. The van der Waals surface area contributed by atoms with Crippen molar-refractivity contribution in [3.05, 3.63) is 11.7 Å². The highest BCUT2D eigenvalue weighted by Crippen LogP contribution is 2.25. The second-order valence-corrected chi connectivity index (χ2v) is 5.08. The van der Waals surface area contributed by atoms with E-state index in [2.05, 4.69) is 10.1 Å². The summed E-state index contributed by atoms with van der Waals surface area (Å²) in [4.78, 5) is 4.37. The zero-order chi connectivity index (χ0) is 10.5. The number of hydrogen-bond acceptors (Lipinski definition) is 5. The third-order valence-electron chi connectivity index (χ3n) is 2.60. The van der Waals surface area contributed by atoms with Gasteiger partial charge in [-0.2, -0.15) is 16.7 Å². The van der Waals surface area contributed by atoms with Crippen molar-refractivity contribution in [2.45, 2.75) is 25.7 Å². The molecule has 5 heteroatoms. The summed E-state index contributed by atoms with van der Waals surface area (Å²) in [5.41, 5.74) is 5.42. The normalized spacial score (nSPS) is 21.0. The number of hydrogen-bond donors (Lipinski definition) is 1. The zero-order valence-electron chi connectivity index (χ0n) is 8.82. The zero-order valence-corrected chi connectivity index (χ0v) is 9.63. The van der Waals surface area contributed by atoms with Gasteiger partial charge in [-0.1, -0.05) is 5.16 Å². The molecular weight excluding hydrogens is 210 g/mol. The van der Waals surface area contributed by atoms with E-state index in [9.17, 15) is 0 Å². The molecule has 1 aliphatic rings. The van der Waals surface area contributed by atoms with Crippen molar-refractivity contribution in [3.8, 4) is 0 Å². The standard InChI is InChI=1S/C10H17N3OS/c11-4-1-2-10-12-9(13-14-10)6-8-3-5-15-7-8/h8H,1-7,11H2. The molecule has 4 nitrogen and oxygen atoms in total. The number of nitrogens with zero attached hydrogens (tertiary/aromatic N) is 2. The summed E-state index contributed by atoms with van der Waals surface area (Å²) >= 11 is 2.02. The maximum absolute atomic E-state index is 5.42. The van der Waals surface area contributed by atoms with Gasteiger partial charge in [0.2, 0.25) is 5.89 Å². The molecule has 1 saturated heterocycles. The van der Waals surface area contributed by atoms with Crippen molar-refractivity contribution in [1.82, 2.24) is 10.1 Å². The Balaban J connectivity index is 1.83. The molecular formula is C10H17N3OS. The molecule has 1 aliphatic heterocycles. The molecule has 2 N–H and O–H groups in total. The first-order valence-corrected chi connectivity index (χ1v) is 6.63. The minimum Gasteiger partial charge on any atom is -0.339 e. The van der Waals surface area contributed by atoms with E-state index in [-0.39, 0.29) is 0 Å². The van der Waals surface area contributed by atoms with Crippen molar-refractivity contribution in [1.29, 1.82) is 0 Å². The van der Waals surface area contributed by atoms with Gasteiger partial charge in [0, 0.05) is 12.8 Å². The molecule has 0 radical (unpaired) electrons. The van der Waals surface area contributed by atoms with Crippen LogP contribution in [0.5, 0.6) is 0 Å². The number of nitrogens with two attached hydrogens (primary N) is 1. The lowest BCUT2D eigenvalue weighted by Crippen LogP contribution is -2.04. The fourth-order valence-corrected chi connectivity index (χ4v) is 3.01. The van der Waals surface area contributed by atoms with E-state index in [1.165, 1.54) is 17.9 Å². The molecule has 2 heterocycles. The molecule has 15 heavy (non-hydrogen) atoms. The Labute approximate surface area is 94.0 Å². The number of aryl methyl sites for hydroxylation is 1. The molecule has 0 amide bonds. The molecule has 2 rings (SSSR count). The van der Waals surface area contributed by atoms with E-state index in [4.69, 9.17) is 10.3 Å². The predicted molar refractivity (Wildman–Crippen MR) is 60.8 cm³/mol. The molecule has 0 saturated carbocycles. The predicted octanol–water partition coefficient (Wildman–Crippen LogP) is 1.26. The summed E-state index contributed by atoms with van der Waals surface area (Å²) in [5, 5.41) is 4.00. The van der Waals surface area contributed by atoms with Crippen LogP contribution in [0.3, 0.4) is 0 Å². The Morgan fingerprint density at radius 1 is 1.53 bits per heavy atom. The summed E-state index contributed by atoms with van der Waals surface area (Å²) in [5.74, 6) is 4.88. The first-order valence-electron chi connectivity index (χ1n) is 5.47. The Bertz CT molecular complexity index is 297. The fraction of sp³-hybridized carbons (Fsp3) is 0.800. The van der Waals surface area contributed by atoms with Crippen molar-refractivity contribution in [2.75, 3.05) is 18.1 Å². The van der Waals surface area contributed by atoms with Gasteiger partial charge in [0.1, 0.15) is 0 Å². The van der Waals surface area contributed by atoms with Crippen LogP contribution in [0, 0.1) is 5.92 Å². The minimum absolute atomic E-state index is 0.678. The van der Waals surface area contributed by atoms with Crippen LogP contribution in [0.15, 0.2) is 4.52 Å². The van der Waals surface area contributed by atoms with Gasteiger partial charge in [-0.05, 0) is 36.8 Å². The molecule has 1 unspecified atom stereocenters. The highest BCUT2D eigenvalue weighted by atomic mass is 32.2. The van der Waals surface area contributed by atoms with E-state index in [0.29, 0.717) is 6.54 Å². The molecule has 0 aromatic carbocycles. The van der Waals surface area contributed by atoms with Gasteiger partial charge in [-0.15, -0.1) is 0 Å². The quantitative estimate of drug-likeness (QED) is 0.820. The average Bonchev–Trinajstić information content (AvgIpc) is 2.87. The maximum atomic E-state index is 5.42. The van der Waals surface area contributed by atoms with Crippen LogP contribution >= 0.6 is 11.8 Å². The summed E-state index contributed by atoms with van der Waals surface area (Å²) in [6.07, 6.45) is 3.99. The largest absolute Gasteiger partial charge is 0.339 e. The monoisotopic (exact) mass is 227 g/mol. The van der Waals surface area contributed by atoms with E-state index in [0.717, 1.165) is 36.9 Å². The summed E-state index contributed by atoms with van der Waals surface area (Å²) in [6.45, 7) is 0.678. The minimum atomic E-state index is 0.678. The van der Waals surface area contributed by atoms with Crippen LogP contribution in [0.1, 0.15) is 24.6 Å². The average molecular weight is 227 g/mol. The molecule has 1 aromatic rings. The van der Waals surface area contributed by atoms with Gasteiger partial charge in [-0.3, -0.25) is 0 Å². The lowest BCUT2D eigenvalue weighted by Gasteiger charge is -2.01. The van der Waals surface area contributed by atoms with Gasteiger partial charge in [0.05, 0.1) is 0 Å². The molecule has 1 fully saturated rings. The van der Waals surface area contributed by atoms with Crippen LogP contribution in [0.2, 0.25) is 0 Å². The third-order valence-corrected chi connectivity index (χ3v) is 3.83. The Morgan fingerprint density at radius 2 is 2.47 bits per heavy atom. The van der Waals surface area contributed by atoms with Gasteiger partial charge < -0.3 is 10.3 Å². The van der Waals surface area contributed by atoms with Gasteiger partial charge in [0.25, 0.3) is 0 Å². The third kappa shape index (κ3) is 3.21. The van der Waals surface area contributed by atoms with E-state index in [1.54, 1.807) is 0 Å². The Kier molecular flexibility index (Phi) is 4.02. The number of thioether (sulfide) groups is 1. The summed E-state index contributed by atoms with van der Waals surface area (Å²) < 4.78 is 5.15. The SMILES string of the molecule is NCCCc1nc(CC2CCSC2)no1. The van der Waals surface area contributed by atoms with E-state index in [1.807, 2.05) is 11.8 Å². The second kappa shape index (κ2) is 5.51. The summed E-state index contributed by atoms with van der Waals surface area (Å²) in [6, 6.07) is 0. The van der Waals surface area contributed by atoms with E-state index < -0.39 is 0 Å². The van der Waals surface area contributed by atoms with Crippen LogP contribution in [0.25, 0.3) is 0 Å². The van der Waals surface area contributed by atoms with Crippen molar-refractivity contribution >= 4 is 11.8 Å². The van der Waals surface area contributed by atoms with Crippen LogP contribution < -0.4 is 5.73 Å². The Morgan fingerprint density at radius 3 is 3.20 bits per heavy atom. The lowest BCUT2D eigenvalue weighted by atomic mass is 10.1. The van der Waals surface area contributed by atoms with Crippen LogP contribution in [0.4, 0.5) is 0 Å². The molecule has 0 bridgehead atoms. The molecule has 0 spiro atoms. The topological polar surface area (TPSA) is 64.9 Å². The molecule has 1 atom stereocenters. The van der Waals surface area contributed by atoms with Gasteiger partial charge in [-0.25, -0.2) is 0 Å². The smallest absolute Gasteiger partial charge is 0.226 e. The van der Waals surface area contributed by atoms with Gasteiger partial charge in [0.15, 0.2) is 5.82 Å². The first kappa shape index (κ1) is 11.0.